The predicted molar refractivity (Wildman–Crippen MR) is 97.9 cm³/mol. The summed E-state index contributed by atoms with van der Waals surface area (Å²) in [5.74, 6) is 0.865. The number of Topliss-reactive ketones (excluding diaryl/α,β-unsaturated/α-hetero) is 1. The summed E-state index contributed by atoms with van der Waals surface area (Å²) in [4.78, 5) is 23.5. The van der Waals surface area contributed by atoms with Crippen LogP contribution in [0.15, 0.2) is 47.1 Å². The minimum atomic E-state index is -0.573. The summed E-state index contributed by atoms with van der Waals surface area (Å²) in [6.07, 6.45) is 0.227. The van der Waals surface area contributed by atoms with E-state index >= 15 is 0 Å². The Hall–Kier alpha value is -2.68. The van der Waals surface area contributed by atoms with Crippen molar-refractivity contribution in [1.29, 1.82) is 0 Å². The van der Waals surface area contributed by atoms with E-state index in [1.165, 1.54) is 6.92 Å². The van der Waals surface area contributed by atoms with Crippen LogP contribution in [0.3, 0.4) is 0 Å². The number of ether oxygens (including phenoxy) is 3. The van der Waals surface area contributed by atoms with Crippen LogP contribution in [0.1, 0.15) is 23.0 Å². The van der Waals surface area contributed by atoms with E-state index in [2.05, 4.69) is 10.6 Å². The largest absolute Gasteiger partial charge is 0.463 e. The van der Waals surface area contributed by atoms with Gasteiger partial charge in [0.2, 0.25) is 0 Å². The number of ketones is 1. The summed E-state index contributed by atoms with van der Waals surface area (Å²) in [6, 6.07) is 10.6. The molecule has 3 N–H and O–H groups in total. The monoisotopic (exact) mass is 387 g/mol. The molecule has 4 atom stereocenters. The maximum atomic E-state index is 12.2. The van der Waals surface area contributed by atoms with Crippen molar-refractivity contribution in [2.24, 2.45) is 0 Å². The third kappa shape index (κ3) is 4.09. The first-order chi connectivity index (χ1) is 13.6. The molecule has 1 amide bonds. The van der Waals surface area contributed by atoms with Crippen LogP contribution in [0.4, 0.5) is 10.5 Å². The second kappa shape index (κ2) is 8.14. The Morgan fingerprint density at radius 2 is 1.93 bits per heavy atom. The van der Waals surface area contributed by atoms with E-state index in [0.29, 0.717) is 31.0 Å². The second-order valence-corrected chi connectivity index (χ2v) is 6.98. The number of rotatable bonds is 6. The Morgan fingerprint density at radius 1 is 1.14 bits per heavy atom. The fraction of sp³-hybridized carbons (Fsp3) is 0.400. The molecular formula is C20H23N2O6+. The van der Waals surface area contributed by atoms with Crippen molar-refractivity contribution in [3.63, 3.8) is 0 Å². The number of carbonyl (C=O) groups is 2. The van der Waals surface area contributed by atoms with Gasteiger partial charge in [-0.1, -0.05) is 0 Å². The zero-order valence-corrected chi connectivity index (χ0v) is 15.5. The quantitative estimate of drug-likeness (QED) is 0.725. The van der Waals surface area contributed by atoms with Crippen LogP contribution in [-0.4, -0.2) is 49.4 Å². The van der Waals surface area contributed by atoms with E-state index < -0.39 is 12.2 Å². The topological polar surface area (TPSA) is 104 Å². The minimum Gasteiger partial charge on any atom is -0.463 e. The first kappa shape index (κ1) is 18.7. The van der Waals surface area contributed by atoms with Crippen LogP contribution < -0.4 is 10.6 Å². The number of quaternary nitrogens is 1. The third-order valence-electron chi connectivity index (χ3n) is 5.04. The minimum absolute atomic E-state index is 0.0277. The summed E-state index contributed by atoms with van der Waals surface area (Å²) >= 11 is 0. The molecule has 0 unspecified atom stereocenters. The Morgan fingerprint density at radius 3 is 2.64 bits per heavy atom. The molecule has 2 saturated heterocycles. The summed E-state index contributed by atoms with van der Waals surface area (Å²) in [5.41, 5.74) is 1.14. The van der Waals surface area contributed by atoms with E-state index in [0.717, 1.165) is 5.76 Å². The molecule has 28 heavy (non-hydrogen) atoms. The molecule has 2 fully saturated rings. The summed E-state index contributed by atoms with van der Waals surface area (Å²) < 4.78 is 22.5. The lowest BCUT2D eigenvalue weighted by Gasteiger charge is -2.17. The molecule has 8 heteroatoms. The number of hydrogen-bond donors (Lipinski definition) is 2. The first-order valence-electron chi connectivity index (χ1n) is 9.27. The molecule has 8 nitrogen and oxygen atoms in total. The number of carbonyl (C=O) groups excluding carboxylic acids is 2. The van der Waals surface area contributed by atoms with Crippen molar-refractivity contribution in [1.82, 2.24) is 0 Å². The molecule has 1 aromatic carbocycles. The molecule has 3 heterocycles. The number of nitrogens with one attached hydrogen (secondary N) is 1. The summed E-state index contributed by atoms with van der Waals surface area (Å²) in [6.45, 7) is 3.03. The lowest BCUT2D eigenvalue weighted by atomic mass is 10.1. The molecular weight excluding hydrogens is 364 g/mol. The Kier molecular flexibility index (Phi) is 5.43. The molecule has 0 aliphatic carbocycles. The average molecular weight is 387 g/mol. The lowest BCUT2D eigenvalue weighted by molar-refractivity contribution is -0.709. The molecule has 1 aromatic heterocycles. The van der Waals surface area contributed by atoms with Crippen molar-refractivity contribution in [3.8, 4) is 0 Å². The van der Waals surface area contributed by atoms with E-state index in [1.807, 2.05) is 12.1 Å². The van der Waals surface area contributed by atoms with Crippen molar-refractivity contribution >= 4 is 17.6 Å². The number of anilines is 1. The van der Waals surface area contributed by atoms with Crippen LogP contribution in [0.2, 0.25) is 0 Å². The zero-order valence-electron chi connectivity index (χ0n) is 15.5. The first-order valence-corrected chi connectivity index (χ1v) is 9.27. The number of fused-ring (bicyclic) bond motifs is 1. The fourth-order valence-corrected chi connectivity index (χ4v) is 3.57. The number of furan rings is 1. The molecule has 2 aromatic rings. The molecule has 0 radical (unpaired) electrons. The van der Waals surface area contributed by atoms with E-state index in [9.17, 15) is 9.59 Å². The molecule has 4 rings (SSSR count). The second-order valence-electron chi connectivity index (χ2n) is 6.98. The molecule has 0 spiro atoms. The van der Waals surface area contributed by atoms with Gasteiger partial charge in [0.15, 0.2) is 17.6 Å². The van der Waals surface area contributed by atoms with Gasteiger partial charge in [-0.25, -0.2) is 4.79 Å². The Bertz CT molecular complexity index is 820. The maximum absolute atomic E-state index is 12.2. The van der Waals surface area contributed by atoms with Gasteiger partial charge in [-0.05, 0) is 43.3 Å². The number of hydrogen-bond acceptors (Lipinski definition) is 6. The van der Waals surface area contributed by atoms with Crippen molar-refractivity contribution in [3.05, 3.63) is 54.0 Å². The van der Waals surface area contributed by atoms with Gasteiger partial charge in [0.25, 0.3) is 0 Å². The highest BCUT2D eigenvalue weighted by atomic mass is 16.6. The maximum Gasteiger partial charge on any atom is 0.412 e. The number of benzene rings is 1. The van der Waals surface area contributed by atoms with Gasteiger partial charge in [-0.2, -0.15) is 0 Å². The SMILES string of the molecule is CC(=O)c1ccc(NC(=O)O[C@@H]2CO[C@H]3[C@@H]2OC[C@@H]3[NH2+]Cc2ccco2)cc1. The average Bonchev–Trinajstić information content (AvgIpc) is 3.40. The third-order valence-corrected chi connectivity index (χ3v) is 5.04. The summed E-state index contributed by atoms with van der Waals surface area (Å²) in [5, 5.41) is 4.79. The molecule has 0 saturated carbocycles. The smallest absolute Gasteiger partial charge is 0.412 e. The summed E-state index contributed by atoms with van der Waals surface area (Å²) in [7, 11) is 0. The normalized spacial score (nSPS) is 26.0. The standard InChI is InChI=1S/C20H22N2O6/c1-12(23)13-4-6-14(7-5-13)22-20(24)28-17-11-27-18-16(10-26-19(17)18)21-9-15-3-2-8-25-15/h2-8,16-19,21H,9-11H2,1H3,(H,22,24)/p+1/t16-,17+,18+,19+/m0/s1. The number of nitrogens with two attached hydrogens (primary N) is 1. The number of amides is 1. The van der Waals surface area contributed by atoms with Crippen LogP contribution in [0, 0.1) is 0 Å². The van der Waals surface area contributed by atoms with Gasteiger partial charge in [0.1, 0.15) is 31.4 Å². The molecule has 2 aliphatic rings. The Balaban J connectivity index is 1.27. The molecule has 148 valence electrons. The highest BCUT2D eigenvalue weighted by Gasteiger charge is 2.51. The van der Waals surface area contributed by atoms with Crippen LogP contribution >= 0.6 is 0 Å². The van der Waals surface area contributed by atoms with Gasteiger partial charge >= 0.3 is 6.09 Å². The van der Waals surface area contributed by atoms with Crippen molar-refractivity contribution in [2.45, 2.75) is 37.8 Å². The fourth-order valence-electron chi connectivity index (χ4n) is 3.57. The lowest BCUT2D eigenvalue weighted by Crippen LogP contribution is -2.91. The van der Waals surface area contributed by atoms with Crippen LogP contribution in [-0.2, 0) is 20.8 Å². The van der Waals surface area contributed by atoms with Gasteiger partial charge in [0, 0.05) is 11.3 Å². The highest BCUT2D eigenvalue weighted by Crippen LogP contribution is 2.28. The van der Waals surface area contributed by atoms with Crippen LogP contribution in [0.5, 0.6) is 0 Å². The van der Waals surface area contributed by atoms with Crippen molar-refractivity contribution in [2.75, 3.05) is 18.5 Å². The Labute approximate surface area is 162 Å². The molecule has 0 bridgehead atoms. The van der Waals surface area contributed by atoms with Gasteiger partial charge < -0.3 is 23.9 Å². The van der Waals surface area contributed by atoms with Gasteiger partial charge in [0.05, 0.1) is 12.9 Å². The molecule has 2 aliphatic heterocycles. The van der Waals surface area contributed by atoms with Crippen LogP contribution in [0.25, 0.3) is 0 Å². The van der Waals surface area contributed by atoms with E-state index in [1.54, 1.807) is 30.5 Å². The highest BCUT2D eigenvalue weighted by molar-refractivity contribution is 5.94. The van der Waals surface area contributed by atoms with E-state index in [4.69, 9.17) is 18.6 Å². The van der Waals surface area contributed by atoms with E-state index in [-0.39, 0.29) is 24.0 Å². The van der Waals surface area contributed by atoms with Crippen molar-refractivity contribution < 1.29 is 33.5 Å². The zero-order chi connectivity index (χ0) is 19.5. The van der Waals surface area contributed by atoms with Gasteiger partial charge in [-0.15, -0.1) is 0 Å². The van der Waals surface area contributed by atoms with Gasteiger partial charge in [-0.3, -0.25) is 10.1 Å². The predicted octanol–water partition coefficient (Wildman–Crippen LogP) is 1.33.